The van der Waals surface area contributed by atoms with Gasteiger partial charge in [-0.05, 0) is 48.6 Å². The second-order valence-corrected chi connectivity index (χ2v) is 7.60. The van der Waals surface area contributed by atoms with Gasteiger partial charge in [-0.1, -0.05) is 12.1 Å². The number of aromatic nitrogens is 1. The van der Waals surface area contributed by atoms with Gasteiger partial charge >= 0.3 is 12.0 Å². The quantitative estimate of drug-likeness (QED) is 0.698. The van der Waals surface area contributed by atoms with Crippen LogP contribution in [0.2, 0.25) is 0 Å². The van der Waals surface area contributed by atoms with E-state index in [-0.39, 0.29) is 28.3 Å². The molecular formula is C21H17F4N5O2. The van der Waals surface area contributed by atoms with Crippen molar-refractivity contribution in [2.75, 3.05) is 11.9 Å². The molecule has 4 rings (SSSR count). The molecule has 1 fully saturated rings. The summed E-state index contributed by atoms with van der Waals surface area (Å²) < 4.78 is 62.0. The van der Waals surface area contributed by atoms with Crippen LogP contribution in [0.25, 0.3) is 0 Å². The van der Waals surface area contributed by atoms with Crippen LogP contribution in [0.5, 0.6) is 0 Å². The number of carbonyl (C=O) groups excluding carboxylic acids is 1. The number of hydrogen-bond donors (Lipinski definition) is 2. The number of nitrogens with one attached hydrogen (secondary N) is 1. The lowest BCUT2D eigenvalue weighted by atomic mass is 9.77. The molecule has 1 amide bonds. The van der Waals surface area contributed by atoms with Crippen LogP contribution in [0.4, 0.5) is 23.2 Å². The molecule has 2 heterocycles. The molecule has 7 nitrogen and oxygen atoms in total. The molecule has 0 radical (unpaired) electrons. The van der Waals surface area contributed by atoms with Gasteiger partial charge in [-0.3, -0.25) is 9.79 Å². The fraction of sp³-hybridized carbons (Fsp3) is 0.333. The molecule has 1 aliphatic heterocycles. The van der Waals surface area contributed by atoms with Crippen LogP contribution in [-0.4, -0.2) is 35.4 Å². The third-order valence-electron chi connectivity index (χ3n) is 5.45. The number of alkyl halides is 4. The van der Waals surface area contributed by atoms with Crippen LogP contribution in [0, 0.1) is 17.2 Å². The van der Waals surface area contributed by atoms with Gasteiger partial charge in [0.1, 0.15) is 24.2 Å². The molecule has 2 aliphatic rings. The molecule has 2 atom stereocenters. The van der Waals surface area contributed by atoms with Crippen LogP contribution < -0.4 is 11.1 Å². The van der Waals surface area contributed by atoms with E-state index in [0.29, 0.717) is 12.8 Å². The van der Waals surface area contributed by atoms with Gasteiger partial charge in [-0.25, -0.2) is 4.98 Å². The van der Waals surface area contributed by atoms with Crippen LogP contribution >= 0.6 is 0 Å². The first kappa shape index (κ1) is 21.7. The van der Waals surface area contributed by atoms with Crippen LogP contribution in [-0.2, 0) is 10.3 Å². The third kappa shape index (κ3) is 3.46. The number of hydrogen-bond acceptors (Lipinski definition) is 6. The highest BCUT2D eigenvalue weighted by Gasteiger charge is 2.76. The second kappa shape index (κ2) is 7.56. The zero-order chi connectivity index (χ0) is 23.1. The van der Waals surface area contributed by atoms with Crippen molar-refractivity contribution in [2.24, 2.45) is 16.6 Å². The second-order valence-electron chi connectivity index (χ2n) is 7.60. The number of nitrogens with two attached hydrogens (primary N) is 1. The van der Waals surface area contributed by atoms with Gasteiger partial charge in [0.05, 0.1) is 5.56 Å². The Morgan fingerprint density at radius 3 is 2.62 bits per heavy atom. The zero-order valence-electron chi connectivity index (χ0n) is 16.5. The van der Waals surface area contributed by atoms with Gasteiger partial charge in [0.2, 0.25) is 0 Å². The normalized spacial score (nSPS) is 25.5. The summed E-state index contributed by atoms with van der Waals surface area (Å²) in [7, 11) is 0. The summed E-state index contributed by atoms with van der Waals surface area (Å²) in [4.78, 5) is 20.3. The highest BCUT2D eigenvalue weighted by molar-refractivity contribution is 6.02. The maximum atomic E-state index is 15.6. The van der Waals surface area contributed by atoms with Crippen molar-refractivity contribution in [3.05, 3.63) is 59.4 Å². The zero-order valence-corrected chi connectivity index (χ0v) is 16.5. The van der Waals surface area contributed by atoms with E-state index in [4.69, 9.17) is 11.0 Å². The highest BCUT2D eigenvalue weighted by Crippen LogP contribution is 2.61. The number of rotatable bonds is 4. The first-order chi connectivity index (χ1) is 15.1. The number of amides is 1. The van der Waals surface area contributed by atoms with Crippen molar-refractivity contribution in [3.8, 4) is 6.07 Å². The summed E-state index contributed by atoms with van der Waals surface area (Å²) >= 11 is 0. The van der Waals surface area contributed by atoms with Crippen LogP contribution in [0.1, 0.15) is 34.5 Å². The minimum atomic E-state index is -5.37. The van der Waals surface area contributed by atoms with Gasteiger partial charge in [-0.15, -0.1) is 0 Å². The molecule has 1 aromatic carbocycles. The number of aliphatic imine (C=N–C) groups is 1. The molecule has 0 unspecified atom stereocenters. The lowest BCUT2D eigenvalue weighted by Crippen LogP contribution is -2.63. The lowest BCUT2D eigenvalue weighted by molar-refractivity contribution is -0.362. The lowest BCUT2D eigenvalue weighted by Gasteiger charge is -2.46. The molecule has 32 heavy (non-hydrogen) atoms. The topological polar surface area (TPSA) is 113 Å². The molecule has 1 saturated carbocycles. The van der Waals surface area contributed by atoms with Crippen molar-refractivity contribution in [1.82, 2.24) is 4.98 Å². The van der Waals surface area contributed by atoms with Crippen molar-refractivity contribution in [1.29, 1.82) is 5.26 Å². The number of pyridine rings is 1. The summed E-state index contributed by atoms with van der Waals surface area (Å²) in [5, 5.41) is 11.3. The Balaban J connectivity index is 1.73. The van der Waals surface area contributed by atoms with E-state index < -0.39 is 36.0 Å². The molecule has 0 spiro atoms. The molecular weight excluding hydrogens is 430 g/mol. The van der Waals surface area contributed by atoms with Crippen LogP contribution in [0.15, 0.2) is 47.6 Å². The summed E-state index contributed by atoms with van der Waals surface area (Å²) in [5.41, 5.74) is 3.50. The number of anilines is 1. The summed E-state index contributed by atoms with van der Waals surface area (Å²) in [6.45, 7) is -0.786. The van der Waals surface area contributed by atoms with Crippen molar-refractivity contribution < 1.29 is 27.1 Å². The number of amidine groups is 1. The number of ether oxygens (including phenoxy) is 1. The van der Waals surface area contributed by atoms with E-state index in [1.165, 1.54) is 42.6 Å². The van der Waals surface area contributed by atoms with E-state index in [1.807, 2.05) is 6.07 Å². The first-order valence-electron chi connectivity index (χ1n) is 9.62. The summed E-state index contributed by atoms with van der Waals surface area (Å²) in [6, 6.07) is 9.97. The largest absolute Gasteiger partial charge is 0.451 e. The number of halogens is 4. The Morgan fingerprint density at radius 1 is 1.28 bits per heavy atom. The average Bonchev–Trinajstić information content (AvgIpc) is 3.60. The Labute approximate surface area is 179 Å². The van der Waals surface area contributed by atoms with Gasteiger partial charge in [-0.2, -0.15) is 22.8 Å². The molecule has 0 bridgehead atoms. The number of benzene rings is 1. The van der Waals surface area contributed by atoms with E-state index in [9.17, 15) is 18.0 Å². The van der Waals surface area contributed by atoms with E-state index >= 15 is 4.39 Å². The van der Waals surface area contributed by atoms with Gasteiger partial charge in [0.25, 0.3) is 5.91 Å². The number of carbonyl (C=O) groups is 1. The Bertz CT molecular complexity index is 1120. The standard InChI is InChI=1S/C21H17F4N5O2/c22-20(21(23,24)25)19(13-5-6-13,30-17(27)11-32-20)14-2-1-3-15(8-14)29-18(31)16-7-4-12(9-26)10-28-16/h1-4,7-8,10,13H,5-6,11H2,(H2,27,30)(H,29,31)/t19-,20-/m1/s1. The molecule has 2 aromatic rings. The first-order valence-corrected chi connectivity index (χ1v) is 9.62. The molecule has 1 aliphatic carbocycles. The van der Waals surface area contributed by atoms with E-state index in [2.05, 4.69) is 20.0 Å². The summed E-state index contributed by atoms with van der Waals surface area (Å²) in [6.07, 6.45) is -3.53. The Kier molecular flexibility index (Phi) is 5.13. The predicted molar refractivity (Wildman–Crippen MR) is 105 cm³/mol. The van der Waals surface area contributed by atoms with Gasteiger partial charge in [0, 0.05) is 11.9 Å². The highest BCUT2D eigenvalue weighted by atomic mass is 19.4. The van der Waals surface area contributed by atoms with Crippen molar-refractivity contribution in [2.45, 2.75) is 30.4 Å². The number of nitriles is 1. The fourth-order valence-corrected chi connectivity index (χ4v) is 3.88. The monoisotopic (exact) mass is 447 g/mol. The minimum Gasteiger partial charge on any atom is -0.385 e. The molecule has 11 heteroatoms. The van der Waals surface area contributed by atoms with E-state index in [0.717, 1.165) is 0 Å². The minimum absolute atomic E-state index is 0.00953. The van der Waals surface area contributed by atoms with Gasteiger partial charge < -0.3 is 15.8 Å². The predicted octanol–water partition coefficient (Wildman–Crippen LogP) is 3.43. The fourth-order valence-electron chi connectivity index (χ4n) is 3.88. The Morgan fingerprint density at radius 2 is 2.03 bits per heavy atom. The average molecular weight is 447 g/mol. The van der Waals surface area contributed by atoms with Crippen molar-refractivity contribution >= 4 is 17.4 Å². The molecule has 0 saturated heterocycles. The van der Waals surface area contributed by atoms with Gasteiger partial charge in [0.15, 0.2) is 5.54 Å². The molecule has 3 N–H and O–H groups in total. The number of nitrogens with zero attached hydrogens (tertiary/aromatic N) is 3. The Hall–Kier alpha value is -3.52. The van der Waals surface area contributed by atoms with E-state index in [1.54, 1.807) is 0 Å². The SMILES string of the molecule is N#Cc1ccc(C(=O)Nc2cccc([C@@]3(C4CC4)N=C(N)CO[C@@]3(F)C(F)(F)F)c2)nc1. The molecule has 1 aromatic heterocycles. The smallest absolute Gasteiger partial charge is 0.385 e. The molecule has 166 valence electrons. The van der Waals surface area contributed by atoms with Crippen LogP contribution in [0.3, 0.4) is 0 Å². The third-order valence-corrected chi connectivity index (χ3v) is 5.45. The summed E-state index contributed by atoms with van der Waals surface area (Å²) in [5.74, 6) is -5.76. The maximum Gasteiger partial charge on any atom is 0.451 e. The van der Waals surface area contributed by atoms with Crippen molar-refractivity contribution in [3.63, 3.8) is 0 Å². The maximum absolute atomic E-state index is 15.6.